The van der Waals surface area contributed by atoms with Gasteiger partial charge in [0.25, 0.3) is 0 Å². The maximum atomic E-state index is 5.70. The lowest BCUT2D eigenvalue weighted by Gasteiger charge is -2.24. The van der Waals surface area contributed by atoms with Gasteiger partial charge in [-0.2, -0.15) is 0 Å². The van der Waals surface area contributed by atoms with Crippen LogP contribution in [0.2, 0.25) is 0 Å². The highest BCUT2D eigenvalue weighted by molar-refractivity contribution is 7.99. The zero-order valence-corrected chi connectivity index (χ0v) is 9.18. The van der Waals surface area contributed by atoms with Crippen LogP contribution in [0.4, 0.5) is 0 Å². The Bertz CT molecular complexity index is 364. The molecule has 1 saturated heterocycles. The molecule has 15 heavy (non-hydrogen) atoms. The Balaban J connectivity index is 1.85. The van der Waals surface area contributed by atoms with Crippen LogP contribution in [-0.4, -0.2) is 25.6 Å². The van der Waals surface area contributed by atoms with Gasteiger partial charge in [0.05, 0.1) is 17.6 Å². The van der Waals surface area contributed by atoms with Crippen molar-refractivity contribution in [2.24, 2.45) is 0 Å². The quantitative estimate of drug-likeness (QED) is 0.786. The highest BCUT2D eigenvalue weighted by atomic mass is 32.2. The summed E-state index contributed by atoms with van der Waals surface area (Å²) in [5.41, 5.74) is 1.21. The molecule has 1 fully saturated rings. The van der Waals surface area contributed by atoms with Crippen molar-refractivity contribution in [3.63, 3.8) is 0 Å². The van der Waals surface area contributed by atoms with Gasteiger partial charge in [-0.15, -0.1) is 0 Å². The first-order chi connectivity index (χ1) is 7.43. The fraction of sp³-hybridized carbons (Fsp3) is 0.455. The molecule has 1 atom stereocenters. The fourth-order valence-corrected chi connectivity index (χ4v) is 2.63. The molecule has 0 spiro atoms. The van der Waals surface area contributed by atoms with Gasteiger partial charge in [0.15, 0.2) is 0 Å². The number of benzene rings is 1. The zero-order valence-electron chi connectivity index (χ0n) is 8.36. The average molecular weight is 223 g/mol. The SMILES string of the molecule is c1cc2c(cc1C1CNCCO1)OCS2. The third-order valence-electron chi connectivity index (χ3n) is 2.70. The minimum Gasteiger partial charge on any atom is -0.481 e. The summed E-state index contributed by atoms with van der Waals surface area (Å²) in [7, 11) is 0. The first kappa shape index (κ1) is 9.51. The highest BCUT2D eigenvalue weighted by Crippen LogP contribution is 2.38. The molecule has 0 amide bonds. The number of nitrogens with one attached hydrogen (secondary N) is 1. The molecule has 2 heterocycles. The molecule has 3 rings (SSSR count). The largest absolute Gasteiger partial charge is 0.481 e. The van der Waals surface area contributed by atoms with Crippen molar-refractivity contribution in [2.45, 2.75) is 11.0 Å². The lowest BCUT2D eigenvalue weighted by atomic mass is 10.1. The Morgan fingerprint density at radius 2 is 2.40 bits per heavy atom. The molecule has 80 valence electrons. The van der Waals surface area contributed by atoms with Crippen LogP contribution < -0.4 is 10.1 Å². The van der Waals surface area contributed by atoms with E-state index in [1.54, 1.807) is 11.8 Å². The van der Waals surface area contributed by atoms with Gasteiger partial charge in [0.2, 0.25) is 0 Å². The van der Waals surface area contributed by atoms with Crippen molar-refractivity contribution in [1.82, 2.24) is 5.32 Å². The number of rotatable bonds is 1. The molecule has 0 saturated carbocycles. The van der Waals surface area contributed by atoms with Gasteiger partial charge in [-0.25, -0.2) is 0 Å². The van der Waals surface area contributed by atoms with Crippen LogP contribution in [0, 0.1) is 0 Å². The lowest BCUT2D eigenvalue weighted by molar-refractivity contribution is 0.0275. The van der Waals surface area contributed by atoms with Gasteiger partial charge in [-0.1, -0.05) is 17.8 Å². The fourth-order valence-electron chi connectivity index (χ4n) is 1.89. The molecular formula is C11H13NO2S. The third kappa shape index (κ3) is 1.85. The maximum absolute atomic E-state index is 5.70. The van der Waals surface area contributed by atoms with E-state index in [2.05, 4.69) is 23.5 Å². The minimum absolute atomic E-state index is 0.179. The molecule has 1 aromatic carbocycles. The topological polar surface area (TPSA) is 30.5 Å². The molecule has 4 heteroatoms. The normalized spacial score (nSPS) is 24.7. The molecule has 0 aromatic heterocycles. The van der Waals surface area contributed by atoms with E-state index in [9.17, 15) is 0 Å². The summed E-state index contributed by atoms with van der Waals surface area (Å²) < 4.78 is 11.2. The zero-order chi connectivity index (χ0) is 10.1. The van der Waals surface area contributed by atoms with Gasteiger partial charge in [0, 0.05) is 13.1 Å². The Morgan fingerprint density at radius 3 is 3.27 bits per heavy atom. The van der Waals surface area contributed by atoms with Gasteiger partial charge < -0.3 is 14.8 Å². The number of thioether (sulfide) groups is 1. The first-order valence-electron chi connectivity index (χ1n) is 5.15. The Labute approximate surface area is 93.1 Å². The van der Waals surface area contributed by atoms with Gasteiger partial charge in [-0.3, -0.25) is 0 Å². The van der Waals surface area contributed by atoms with Crippen molar-refractivity contribution < 1.29 is 9.47 Å². The summed E-state index contributed by atoms with van der Waals surface area (Å²) in [6, 6.07) is 6.37. The third-order valence-corrected chi connectivity index (χ3v) is 3.58. The van der Waals surface area contributed by atoms with E-state index in [0.717, 1.165) is 31.4 Å². The highest BCUT2D eigenvalue weighted by Gasteiger charge is 2.19. The van der Waals surface area contributed by atoms with Gasteiger partial charge >= 0.3 is 0 Å². The summed E-state index contributed by atoms with van der Waals surface area (Å²) in [6.45, 7) is 2.64. The van der Waals surface area contributed by atoms with E-state index in [-0.39, 0.29) is 6.10 Å². The molecule has 2 aliphatic heterocycles. The molecular weight excluding hydrogens is 210 g/mol. The van der Waals surface area contributed by atoms with E-state index in [4.69, 9.17) is 9.47 Å². The van der Waals surface area contributed by atoms with Crippen molar-refractivity contribution >= 4 is 11.8 Å². The Kier molecular flexibility index (Phi) is 2.56. The standard InChI is InChI=1S/C11H13NO2S/c1-2-11-9(14-7-15-11)5-8(1)10-6-12-3-4-13-10/h1-2,5,10,12H,3-4,6-7H2. The van der Waals surface area contributed by atoms with Crippen LogP contribution in [0.25, 0.3) is 0 Å². The second-order valence-electron chi connectivity index (χ2n) is 3.68. The second-order valence-corrected chi connectivity index (χ2v) is 4.64. The van der Waals surface area contributed by atoms with E-state index < -0.39 is 0 Å². The molecule has 0 aliphatic carbocycles. The van der Waals surface area contributed by atoms with Crippen LogP contribution >= 0.6 is 11.8 Å². The molecule has 1 N–H and O–H groups in total. The first-order valence-corrected chi connectivity index (χ1v) is 6.14. The minimum atomic E-state index is 0.179. The molecule has 1 unspecified atom stereocenters. The number of morpholine rings is 1. The number of hydrogen-bond acceptors (Lipinski definition) is 4. The van der Waals surface area contributed by atoms with E-state index in [0.29, 0.717) is 0 Å². The van der Waals surface area contributed by atoms with Crippen LogP contribution in [0.5, 0.6) is 5.75 Å². The average Bonchev–Trinajstić information content (AvgIpc) is 2.77. The van der Waals surface area contributed by atoms with Crippen molar-refractivity contribution in [1.29, 1.82) is 0 Å². The van der Waals surface area contributed by atoms with Crippen molar-refractivity contribution in [3.8, 4) is 5.75 Å². The van der Waals surface area contributed by atoms with Crippen LogP contribution in [-0.2, 0) is 4.74 Å². The predicted octanol–water partition coefficient (Wildman–Crippen LogP) is 1.79. The number of fused-ring (bicyclic) bond motifs is 1. The Hall–Kier alpha value is -0.710. The van der Waals surface area contributed by atoms with Crippen LogP contribution in [0.3, 0.4) is 0 Å². The summed E-state index contributed by atoms with van der Waals surface area (Å²) in [5.74, 6) is 1.74. The Morgan fingerprint density at radius 1 is 1.40 bits per heavy atom. The van der Waals surface area contributed by atoms with Gasteiger partial charge in [-0.05, 0) is 17.7 Å². The van der Waals surface area contributed by atoms with Gasteiger partial charge in [0.1, 0.15) is 11.7 Å². The summed E-state index contributed by atoms with van der Waals surface area (Å²) in [4.78, 5) is 1.24. The van der Waals surface area contributed by atoms with Crippen molar-refractivity contribution in [2.75, 3.05) is 25.6 Å². The van der Waals surface area contributed by atoms with E-state index >= 15 is 0 Å². The van der Waals surface area contributed by atoms with E-state index in [1.165, 1.54) is 10.5 Å². The smallest absolute Gasteiger partial charge is 0.138 e. The predicted molar refractivity (Wildman–Crippen MR) is 59.4 cm³/mol. The summed E-state index contributed by atoms with van der Waals surface area (Å²) >= 11 is 1.74. The molecule has 1 aromatic rings. The molecule has 0 bridgehead atoms. The van der Waals surface area contributed by atoms with E-state index in [1.807, 2.05) is 0 Å². The van der Waals surface area contributed by atoms with Crippen LogP contribution in [0.15, 0.2) is 23.1 Å². The maximum Gasteiger partial charge on any atom is 0.138 e. The summed E-state index contributed by atoms with van der Waals surface area (Å²) in [6.07, 6.45) is 0.179. The molecule has 3 nitrogen and oxygen atoms in total. The lowest BCUT2D eigenvalue weighted by Crippen LogP contribution is -2.33. The van der Waals surface area contributed by atoms with Crippen molar-refractivity contribution in [3.05, 3.63) is 23.8 Å². The number of ether oxygens (including phenoxy) is 2. The second kappa shape index (κ2) is 4.04. The number of hydrogen-bond donors (Lipinski definition) is 1. The van der Waals surface area contributed by atoms with Crippen LogP contribution in [0.1, 0.15) is 11.7 Å². The molecule has 0 radical (unpaired) electrons. The monoisotopic (exact) mass is 223 g/mol. The molecule has 2 aliphatic rings. The summed E-state index contributed by atoms with van der Waals surface area (Å²) in [5, 5.41) is 3.33.